The summed E-state index contributed by atoms with van der Waals surface area (Å²) in [6.45, 7) is 6.17. The Morgan fingerprint density at radius 1 is 1.11 bits per heavy atom. The maximum Gasteiger partial charge on any atom is 0.231 e. The largest absolute Gasteiger partial charge is 0.493 e. The second-order valence-electron chi connectivity index (χ2n) is 6.93. The van der Waals surface area contributed by atoms with Crippen LogP contribution < -0.4 is 14.2 Å². The van der Waals surface area contributed by atoms with Crippen LogP contribution in [0, 0.1) is 11.7 Å². The fourth-order valence-electron chi connectivity index (χ4n) is 3.88. The van der Waals surface area contributed by atoms with Gasteiger partial charge in [-0.2, -0.15) is 0 Å². The van der Waals surface area contributed by atoms with E-state index in [-0.39, 0.29) is 25.0 Å². The number of halogens is 2. The first-order chi connectivity index (χ1) is 12.7. The lowest BCUT2D eigenvalue weighted by Crippen LogP contribution is -2.41. The van der Waals surface area contributed by atoms with Crippen LogP contribution >= 0.6 is 12.4 Å². The molecule has 0 radical (unpaired) electrons. The van der Waals surface area contributed by atoms with Gasteiger partial charge in [-0.25, -0.2) is 4.39 Å². The second kappa shape index (κ2) is 8.81. The Bertz CT molecular complexity index is 756. The molecule has 146 valence electrons. The molecule has 2 aromatic carbocycles. The van der Waals surface area contributed by atoms with Gasteiger partial charge in [0, 0.05) is 18.5 Å². The molecule has 1 saturated heterocycles. The highest BCUT2D eigenvalue weighted by atomic mass is 35.5. The molecule has 6 heteroatoms. The van der Waals surface area contributed by atoms with Gasteiger partial charge in [0.1, 0.15) is 11.6 Å². The molecule has 4 rings (SSSR count). The molecule has 2 aliphatic rings. The summed E-state index contributed by atoms with van der Waals surface area (Å²) in [6.07, 6.45) is 1.06. The summed E-state index contributed by atoms with van der Waals surface area (Å²) in [5.74, 6) is 2.84. The Morgan fingerprint density at radius 3 is 2.67 bits per heavy atom. The number of benzene rings is 2. The molecule has 0 bridgehead atoms. The maximum absolute atomic E-state index is 13.3. The molecule has 0 spiro atoms. The van der Waals surface area contributed by atoms with Gasteiger partial charge in [0.15, 0.2) is 11.5 Å². The van der Waals surface area contributed by atoms with Crippen molar-refractivity contribution in [3.63, 3.8) is 0 Å². The van der Waals surface area contributed by atoms with E-state index >= 15 is 0 Å². The van der Waals surface area contributed by atoms with Crippen molar-refractivity contribution >= 4 is 12.4 Å². The third-order valence-corrected chi connectivity index (χ3v) is 5.37. The normalized spacial score (nSPS) is 21.6. The highest BCUT2D eigenvalue weighted by molar-refractivity contribution is 5.85. The molecule has 0 N–H and O–H groups in total. The maximum atomic E-state index is 13.3. The molecule has 2 aromatic rings. The monoisotopic (exact) mass is 393 g/mol. The molecule has 2 aliphatic heterocycles. The van der Waals surface area contributed by atoms with E-state index < -0.39 is 0 Å². The lowest BCUT2D eigenvalue weighted by Gasteiger charge is -2.38. The predicted octanol–water partition coefficient (Wildman–Crippen LogP) is 4.48. The van der Waals surface area contributed by atoms with Gasteiger partial charge in [0.25, 0.3) is 0 Å². The lowest BCUT2D eigenvalue weighted by atomic mass is 9.81. The number of ether oxygens (including phenoxy) is 3. The average Bonchev–Trinajstić information content (AvgIpc) is 3.14. The van der Waals surface area contributed by atoms with Gasteiger partial charge in [0.05, 0.1) is 6.61 Å². The van der Waals surface area contributed by atoms with E-state index in [1.165, 1.54) is 5.56 Å². The smallest absolute Gasteiger partial charge is 0.231 e. The van der Waals surface area contributed by atoms with E-state index in [9.17, 15) is 4.39 Å². The van der Waals surface area contributed by atoms with Crippen molar-refractivity contribution in [1.29, 1.82) is 0 Å². The molecule has 2 heterocycles. The lowest BCUT2D eigenvalue weighted by molar-refractivity contribution is 0.115. The van der Waals surface area contributed by atoms with Crippen molar-refractivity contribution in [3.05, 3.63) is 53.8 Å². The summed E-state index contributed by atoms with van der Waals surface area (Å²) in [5, 5.41) is 0. The van der Waals surface area contributed by atoms with Crippen LogP contribution in [0.3, 0.4) is 0 Å². The van der Waals surface area contributed by atoms with Gasteiger partial charge in [-0.15, -0.1) is 12.4 Å². The highest BCUT2D eigenvalue weighted by Crippen LogP contribution is 2.37. The van der Waals surface area contributed by atoms with Crippen molar-refractivity contribution in [2.75, 3.05) is 33.0 Å². The minimum absolute atomic E-state index is 0. The predicted molar refractivity (Wildman–Crippen MR) is 105 cm³/mol. The van der Waals surface area contributed by atoms with Gasteiger partial charge < -0.3 is 19.1 Å². The van der Waals surface area contributed by atoms with E-state index in [0.29, 0.717) is 18.4 Å². The van der Waals surface area contributed by atoms with Gasteiger partial charge in [-0.05, 0) is 55.3 Å². The molecule has 0 saturated carbocycles. The zero-order valence-corrected chi connectivity index (χ0v) is 16.2. The summed E-state index contributed by atoms with van der Waals surface area (Å²) in [6, 6.07) is 12.6. The standard InChI is InChI=1S/C21H24FNO3.ClH/c1-2-23-10-9-19(15-3-5-17(22)6-4-15)16(12-23)13-24-18-7-8-20-21(11-18)26-14-25-20;/h3-8,11,16,19H,2,9-10,12-14H2,1H3;1H/t16-,19-;/m1./s1. The number of nitrogens with zero attached hydrogens (tertiary/aromatic N) is 1. The summed E-state index contributed by atoms with van der Waals surface area (Å²) >= 11 is 0. The highest BCUT2D eigenvalue weighted by Gasteiger charge is 2.30. The second-order valence-corrected chi connectivity index (χ2v) is 6.93. The third-order valence-electron chi connectivity index (χ3n) is 5.37. The third kappa shape index (κ3) is 4.47. The molecule has 27 heavy (non-hydrogen) atoms. The van der Waals surface area contributed by atoms with Crippen LogP contribution in [0.25, 0.3) is 0 Å². The van der Waals surface area contributed by atoms with Crippen LogP contribution in [-0.4, -0.2) is 37.9 Å². The van der Waals surface area contributed by atoms with E-state index in [2.05, 4.69) is 11.8 Å². The quantitative estimate of drug-likeness (QED) is 0.749. The van der Waals surface area contributed by atoms with E-state index in [4.69, 9.17) is 14.2 Å². The Kier molecular flexibility index (Phi) is 6.45. The molecule has 0 aromatic heterocycles. The molecule has 1 fully saturated rings. The van der Waals surface area contributed by atoms with E-state index in [0.717, 1.165) is 43.3 Å². The van der Waals surface area contributed by atoms with Crippen LogP contribution in [0.15, 0.2) is 42.5 Å². The fraction of sp³-hybridized carbons (Fsp3) is 0.429. The molecule has 0 unspecified atom stereocenters. The average molecular weight is 394 g/mol. The van der Waals surface area contributed by atoms with Gasteiger partial charge in [-0.3, -0.25) is 0 Å². The molecule has 4 nitrogen and oxygen atoms in total. The van der Waals surface area contributed by atoms with E-state index in [1.807, 2.05) is 30.3 Å². The summed E-state index contributed by atoms with van der Waals surface area (Å²) in [5.41, 5.74) is 1.20. The number of hydrogen-bond donors (Lipinski definition) is 0. The molecule has 0 amide bonds. The Labute approximate surface area is 165 Å². The van der Waals surface area contributed by atoms with Gasteiger partial charge in [0.2, 0.25) is 6.79 Å². The topological polar surface area (TPSA) is 30.9 Å². The Hall–Kier alpha value is -1.98. The summed E-state index contributed by atoms with van der Waals surface area (Å²) < 4.78 is 30.2. The molecular weight excluding hydrogens is 369 g/mol. The number of fused-ring (bicyclic) bond motifs is 1. The molecular formula is C21H25ClFNO3. The van der Waals surface area contributed by atoms with Crippen molar-refractivity contribution in [2.24, 2.45) is 5.92 Å². The SMILES string of the molecule is CCN1CC[C@H](c2ccc(F)cc2)[C@@H](COc2ccc3c(c2)OCO3)C1.Cl. The number of rotatable bonds is 5. The van der Waals surface area contributed by atoms with Crippen molar-refractivity contribution in [3.8, 4) is 17.2 Å². The number of hydrogen-bond acceptors (Lipinski definition) is 4. The minimum Gasteiger partial charge on any atom is -0.493 e. The minimum atomic E-state index is -0.187. The number of likely N-dealkylation sites (tertiary alicyclic amines) is 1. The Morgan fingerprint density at radius 2 is 1.89 bits per heavy atom. The Balaban J connectivity index is 0.00000210. The first kappa shape index (κ1) is 19.8. The van der Waals surface area contributed by atoms with Gasteiger partial charge >= 0.3 is 0 Å². The summed E-state index contributed by atoms with van der Waals surface area (Å²) in [7, 11) is 0. The molecule has 2 atom stereocenters. The van der Waals surface area contributed by atoms with Crippen LogP contribution in [0.1, 0.15) is 24.8 Å². The number of piperidine rings is 1. The summed E-state index contributed by atoms with van der Waals surface area (Å²) in [4.78, 5) is 2.45. The first-order valence-electron chi connectivity index (χ1n) is 9.23. The van der Waals surface area contributed by atoms with E-state index in [1.54, 1.807) is 12.1 Å². The van der Waals surface area contributed by atoms with Crippen LogP contribution in [-0.2, 0) is 0 Å². The van der Waals surface area contributed by atoms with Crippen molar-refractivity contribution in [2.45, 2.75) is 19.3 Å². The van der Waals surface area contributed by atoms with Crippen LogP contribution in [0.5, 0.6) is 17.2 Å². The van der Waals surface area contributed by atoms with Gasteiger partial charge in [-0.1, -0.05) is 19.1 Å². The first-order valence-corrected chi connectivity index (χ1v) is 9.23. The van der Waals surface area contributed by atoms with Crippen molar-refractivity contribution < 1.29 is 18.6 Å². The molecule has 0 aliphatic carbocycles. The zero-order chi connectivity index (χ0) is 17.9. The van der Waals surface area contributed by atoms with Crippen molar-refractivity contribution in [1.82, 2.24) is 4.90 Å². The van der Waals surface area contributed by atoms with Crippen LogP contribution in [0.2, 0.25) is 0 Å². The van der Waals surface area contributed by atoms with Crippen LogP contribution in [0.4, 0.5) is 4.39 Å². The fourth-order valence-corrected chi connectivity index (χ4v) is 3.88. The zero-order valence-electron chi connectivity index (χ0n) is 15.4.